The van der Waals surface area contributed by atoms with E-state index in [2.05, 4.69) is 19.8 Å². The van der Waals surface area contributed by atoms with Gasteiger partial charge in [0.05, 0.1) is 11.3 Å². The standard InChI is InChI=1S/C16H16F3N5O2S/c17-16(18,19)14-5-3-12(4-6-14)10-27(25,26)23-7-1-2-13-8-20-15-21-11-22-24(15)9-13/h3-6,8-9,11,23H,1-2,7,10H2. The number of aromatic nitrogens is 4. The van der Waals surface area contributed by atoms with Crippen LogP contribution in [0.2, 0.25) is 0 Å². The molecule has 0 atom stereocenters. The first-order valence-corrected chi connectivity index (χ1v) is 9.66. The van der Waals surface area contributed by atoms with Gasteiger partial charge in [-0.1, -0.05) is 12.1 Å². The quantitative estimate of drug-likeness (QED) is 0.616. The largest absolute Gasteiger partial charge is 0.416 e. The molecule has 0 radical (unpaired) electrons. The Morgan fingerprint density at radius 2 is 1.81 bits per heavy atom. The molecule has 0 bridgehead atoms. The number of fused-ring (bicyclic) bond motifs is 1. The van der Waals surface area contributed by atoms with Crippen LogP contribution >= 0.6 is 0 Å². The zero-order valence-electron chi connectivity index (χ0n) is 14.0. The van der Waals surface area contributed by atoms with E-state index in [9.17, 15) is 21.6 Å². The van der Waals surface area contributed by atoms with Crippen LogP contribution in [0, 0.1) is 0 Å². The molecule has 11 heteroatoms. The van der Waals surface area contributed by atoms with Crippen LogP contribution in [0.1, 0.15) is 23.1 Å². The number of nitrogens with zero attached hydrogens (tertiary/aromatic N) is 4. The van der Waals surface area contributed by atoms with Gasteiger partial charge in [0.15, 0.2) is 0 Å². The number of hydrogen-bond acceptors (Lipinski definition) is 5. The summed E-state index contributed by atoms with van der Waals surface area (Å²) in [7, 11) is -3.64. The SMILES string of the molecule is O=S(=O)(Cc1ccc(C(F)(F)F)cc1)NCCCc1cnc2ncnn2c1. The van der Waals surface area contributed by atoms with Crippen LogP contribution in [0.15, 0.2) is 43.0 Å². The third-order valence-electron chi connectivity index (χ3n) is 3.79. The molecule has 0 fully saturated rings. The molecular formula is C16H16F3N5O2S. The molecule has 3 rings (SSSR count). The van der Waals surface area contributed by atoms with E-state index in [1.165, 1.54) is 23.0 Å². The van der Waals surface area contributed by atoms with Crippen molar-refractivity contribution in [2.45, 2.75) is 24.8 Å². The number of nitrogens with one attached hydrogen (secondary N) is 1. The molecule has 27 heavy (non-hydrogen) atoms. The number of aryl methyl sites for hydroxylation is 1. The molecule has 0 amide bonds. The number of sulfonamides is 1. The molecule has 7 nitrogen and oxygen atoms in total. The minimum Gasteiger partial charge on any atom is -0.219 e. The summed E-state index contributed by atoms with van der Waals surface area (Å²) in [6, 6.07) is 4.08. The Balaban J connectivity index is 1.49. The molecule has 0 spiro atoms. The molecule has 0 saturated carbocycles. The summed E-state index contributed by atoms with van der Waals surface area (Å²) in [4.78, 5) is 8.05. The lowest BCUT2D eigenvalue weighted by Crippen LogP contribution is -2.26. The third-order valence-corrected chi connectivity index (χ3v) is 5.15. The van der Waals surface area contributed by atoms with Crippen molar-refractivity contribution in [3.05, 3.63) is 59.7 Å². The minimum atomic E-state index is -4.44. The molecule has 0 aliphatic carbocycles. The van der Waals surface area contributed by atoms with Gasteiger partial charge in [-0.05, 0) is 36.1 Å². The van der Waals surface area contributed by atoms with Crippen molar-refractivity contribution in [1.82, 2.24) is 24.3 Å². The maximum Gasteiger partial charge on any atom is 0.416 e. The summed E-state index contributed by atoms with van der Waals surface area (Å²) in [6.07, 6.45) is 1.49. The molecule has 3 aromatic rings. The monoisotopic (exact) mass is 399 g/mol. The van der Waals surface area contributed by atoms with E-state index in [1.54, 1.807) is 12.4 Å². The van der Waals surface area contributed by atoms with E-state index in [0.29, 0.717) is 18.6 Å². The third kappa shape index (κ3) is 5.23. The number of halogens is 3. The summed E-state index contributed by atoms with van der Waals surface area (Å²) in [5, 5.41) is 3.98. The predicted molar refractivity (Wildman–Crippen MR) is 91.2 cm³/mol. The highest BCUT2D eigenvalue weighted by molar-refractivity contribution is 7.88. The van der Waals surface area contributed by atoms with Gasteiger partial charge in [0.2, 0.25) is 10.0 Å². The smallest absolute Gasteiger partial charge is 0.219 e. The average molecular weight is 399 g/mol. The van der Waals surface area contributed by atoms with Crippen molar-refractivity contribution in [3.63, 3.8) is 0 Å². The van der Waals surface area contributed by atoms with Crippen LogP contribution in [0.4, 0.5) is 13.2 Å². The van der Waals surface area contributed by atoms with Gasteiger partial charge < -0.3 is 0 Å². The lowest BCUT2D eigenvalue weighted by atomic mass is 10.1. The fourth-order valence-electron chi connectivity index (χ4n) is 2.47. The Bertz CT molecular complexity index is 1020. The summed E-state index contributed by atoms with van der Waals surface area (Å²) in [6.45, 7) is 0.207. The van der Waals surface area contributed by atoms with Crippen molar-refractivity contribution in [2.75, 3.05) is 6.54 Å². The molecule has 0 aliphatic heterocycles. The van der Waals surface area contributed by atoms with E-state index < -0.39 is 21.8 Å². The fourth-order valence-corrected chi connectivity index (χ4v) is 3.66. The van der Waals surface area contributed by atoms with Gasteiger partial charge >= 0.3 is 6.18 Å². The first-order valence-electron chi connectivity index (χ1n) is 8.01. The molecular weight excluding hydrogens is 383 g/mol. The van der Waals surface area contributed by atoms with Crippen molar-refractivity contribution < 1.29 is 21.6 Å². The predicted octanol–water partition coefficient (Wildman–Crippen LogP) is 2.20. The van der Waals surface area contributed by atoms with Gasteiger partial charge in [-0.3, -0.25) is 0 Å². The zero-order valence-corrected chi connectivity index (χ0v) is 14.8. The normalized spacial score (nSPS) is 12.6. The Morgan fingerprint density at radius 1 is 1.07 bits per heavy atom. The van der Waals surface area contributed by atoms with Crippen molar-refractivity contribution in [2.24, 2.45) is 0 Å². The van der Waals surface area contributed by atoms with Crippen LogP contribution in [0.5, 0.6) is 0 Å². The first kappa shape index (κ1) is 19.2. The molecule has 1 N–H and O–H groups in total. The summed E-state index contributed by atoms with van der Waals surface area (Å²) >= 11 is 0. The second-order valence-electron chi connectivity index (χ2n) is 5.92. The minimum absolute atomic E-state index is 0.207. The highest BCUT2D eigenvalue weighted by Crippen LogP contribution is 2.29. The van der Waals surface area contributed by atoms with E-state index in [-0.39, 0.29) is 17.9 Å². The van der Waals surface area contributed by atoms with Gasteiger partial charge in [0.1, 0.15) is 6.33 Å². The molecule has 0 aliphatic rings. The second-order valence-corrected chi connectivity index (χ2v) is 7.73. The Hall–Kier alpha value is -2.53. The maximum absolute atomic E-state index is 12.5. The molecule has 1 aromatic carbocycles. The lowest BCUT2D eigenvalue weighted by Gasteiger charge is -2.09. The zero-order chi connectivity index (χ0) is 19.5. The van der Waals surface area contributed by atoms with Crippen molar-refractivity contribution in [3.8, 4) is 0 Å². The summed E-state index contributed by atoms with van der Waals surface area (Å²) in [5.74, 6) is 0.105. The van der Waals surface area contributed by atoms with Gasteiger partial charge in [0.25, 0.3) is 5.78 Å². The average Bonchev–Trinajstić information content (AvgIpc) is 3.06. The summed E-state index contributed by atoms with van der Waals surface area (Å²) < 4.78 is 65.7. The topological polar surface area (TPSA) is 89.2 Å². The van der Waals surface area contributed by atoms with E-state index in [1.807, 2.05) is 0 Å². The van der Waals surface area contributed by atoms with Gasteiger partial charge in [-0.2, -0.15) is 23.3 Å². The van der Waals surface area contributed by atoms with Gasteiger partial charge in [-0.25, -0.2) is 22.6 Å². The Labute approximate surface area is 153 Å². The van der Waals surface area contributed by atoms with Crippen LogP contribution in [0.3, 0.4) is 0 Å². The molecule has 0 saturated heterocycles. The molecule has 2 aromatic heterocycles. The Morgan fingerprint density at radius 3 is 2.52 bits per heavy atom. The van der Waals surface area contributed by atoms with E-state index >= 15 is 0 Å². The van der Waals surface area contributed by atoms with Crippen molar-refractivity contribution in [1.29, 1.82) is 0 Å². The van der Waals surface area contributed by atoms with Gasteiger partial charge in [0, 0.05) is 18.9 Å². The molecule has 2 heterocycles. The first-order chi connectivity index (χ1) is 12.7. The number of alkyl halides is 3. The number of hydrogen-bond donors (Lipinski definition) is 1. The van der Waals surface area contributed by atoms with Crippen LogP contribution in [0.25, 0.3) is 5.78 Å². The second kappa shape index (κ2) is 7.61. The highest BCUT2D eigenvalue weighted by Gasteiger charge is 2.30. The van der Waals surface area contributed by atoms with Crippen LogP contribution in [-0.4, -0.2) is 34.5 Å². The molecule has 144 valence electrons. The highest BCUT2D eigenvalue weighted by atomic mass is 32.2. The lowest BCUT2D eigenvalue weighted by molar-refractivity contribution is -0.137. The summed E-state index contributed by atoms with van der Waals surface area (Å²) in [5.41, 5.74) is 0.362. The van der Waals surface area contributed by atoms with E-state index in [4.69, 9.17) is 0 Å². The number of rotatable bonds is 7. The molecule has 0 unspecified atom stereocenters. The van der Waals surface area contributed by atoms with E-state index in [0.717, 1.165) is 17.7 Å². The maximum atomic E-state index is 12.5. The van der Waals surface area contributed by atoms with Gasteiger partial charge in [-0.15, -0.1) is 0 Å². The Kier molecular flexibility index (Phi) is 5.42. The van der Waals surface area contributed by atoms with Crippen molar-refractivity contribution >= 4 is 15.8 Å². The van der Waals surface area contributed by atoms with Crippen LogP contribution in [-0.2, 0) is 28.4 Å². The fraction of sp³-hybridized carbons (Fsp3) is 0.312. The number of benzene rings is 1. The van der Waals surface area contributed by atoms with Crippen LogP contribution < -0.4 is 4.72 Å².